The summed E-state index contributed by atoms with van der Waals surface area (Å²) in [7, 11) is 1.61. The minimum Gasteiger partial charge on any atom is -0.481 e. The molecule has 6 aromatic carbocycles. The van der Waals surface area contributed by atoms with Crippen molar-refractivity contribution in [1.82, 2.24) is 15.5 Å². The van der Waals surface area contributed by atoms with Crippen molar-refractivity contribution in [3.63, 3.8) is 0 Å². The summed E-state index contributed by atoms with van der Waals surface area (Å²) < 4.78 is 19.9. The number of carboxylic acids is 1. The smallest absolute Gasteiger partial charge is 0.303 e. The molecule has 66 heavy (non-hydrogen) atoms. The molecule has 1 saturated heterocycles. The molecule has 0 unspecified atom stereocenters. The van der Waals surface area contributed by atoms with Crippen molar-refractivity contribution in [3.8, 4) is 0 Å². The van der Waals surface area contributed by atoms with Crippen LogP contribution in [-0.2, 0) is 30.1 Å². The van der Waals surface area contributed by atoms with Gasteiger partial charge in [0.05, 0.1) is 17.1 Å². The highest BCUT2D eigenvalue weighted by molar-refractivity contribution is 5.66. The quantitative estimate of drug-likeness (QED) is 0.0391. The van der Waals surface area contributed by atoms with Crippen molar-refractivity contribution in [2.75, 3.05) is 39.9 Å². The summed E-state index contributed by atoms with van der Waals surface area (Å²) in [4.78, 5) is 13.6. The highest BCUT2D eigenvalue weighted by atomic mass is 16.7. The molecule has 9 nitrogen and oxygen atoms in total. The number of carbonyl (C=O) groups is 1. The lowest BCUT2D eigenvalue weighted by Gasteiger charge is -2.49. The number of rotatable bonds is 22. The molecule has 0 radical (unpaired) electrons. The van der Waals surface area contributed by atoms with E-state index in [1.165, 1.54) is 19.6 Å². The maximum absolute atomic E-state index is 12.8. The summed E-state index contributed by atoms with van der Waals surface area (Å²) in [5, 5.41) is 29.9. The van der Waals surface area contributed by atoms with Gasteiger partial charge < -0.3 is 29.3 Å². The van der Waals surface area contributed by atoms with Gasteiger partial charge in [0.1, 0.15) is 18.3 Å². The van der Waals surface area contributed by atoms with Crippen LogP contribution in [0.5, 0.6) is 0 Å². The van der Waals surface area contributed by atoms with E-state index in [2.05, 4.69) is 109 Å². The standard InChI is InChI=1S/C51H54N2O6.C6H15N/c1-57-49-46(53-51(41-29-15-5-16-30-41,42-31-17-6-18-32-42)43-33-19-7-20-34-43)47(56)48(58-36-22-8-21-35-45(54)55)44(59-49)37-52-50(38-23-9-2-10-24-38,39-25-11-3-12-26-39)40-27-13-4-14-28-40;1-4-7(5-2)6-3/h2-7,9-20,23-34,44,46-49,52-53,56H,8,21-22,35-37H2,1H3,(H,54,55);4-6H2,1-3H3/t44-,46-,47-,48-,49+;/m1./s1. The number of aliphatic hydroxyl groups excluding tert-OH is 1. The molecule has 9 heteroatoms. The molecule has 7 rings (SSSR count). The summed E-state index contributed by atoms with van der Waals surface area (Å²) in [6, 6.07) is 61.0. The second-order valence-electron chi connectivity index (χ2n) is 16.7. The summed E-state index contributed by atoms with van der Waals surface area (Å²) in [5.74, 6) is -0.815. The molecule has 1 heterocycles. The predicted molar refractivity (Wildman–Crippen MR) is 264 cm³/mol. The van der Waals surface area contributed by atoms with Crippen LogP contribution in [0.2, 0.25) is 0 Å². The van der Waals surface area contributed by atoms with E-state index in [1.54, 1.807) is 7.11 Å². The van der Waals surface area contributed by atoms with Crippen LogP contribution in [0.25, 0.3) is 0 Å². The Balaban J connectivity index is 0.000000952. The van der Waals surface area contributed by atoms with Crippen LogP contribution >= 0.6 is 0 Å². The Labute approximate surface area is 392 Å². The molecule has 0 amide bonds. The number of nitrogens with zero attached hydrogens (tertiary/aromatic N) is 1. The molecular formula is C57H69N3O6. The maximum Gasteiger partial charge on any atom is 0.303 e. The number of hydrogen-bond donors (Lipinski definition) is 4. The van der Waals surface area contributed by atoms with Gasteiger partial charge in [-0.2, -0.15) is 0 Å². The van der Waals surface area contributed by atoms with Crippen LogP contribution in [-0.4, -0.2) is 91.6 Å². The third-order valence-electron chi connectivity index (χ3n) is 12.8. The number of hydrogen-bond acceptors (Lipinski definition) is 8. The average Bonchev–Trinajstić information content (AvgIpc) is 3.38. The zero-order valence-corrected chi connectivity index (χ0v) is 39.0. The molecule has 0 aliphatic carbocycles. The Morgan fingerprint density at radius 3 is 1.30 bits per heavy atom. The Kier molecular flexibility index (Phi) is 19.2. The molecule has 0 bridgehead atoms. The molecule has 1 aliphatic heterocycles. The van der Waals surface area contributed by atoms with E-state index in [0.29, 0.717) is 25.9 Å². The van der Waals surface area contributed by atoms with Gasteiger partial charge in [0.2, 0.25) is 0 Å². The first kappa shape index (κ1) is 49.9. The molecule has 1 fully saturated rings. The molecule has 0 spiro atoms. The molecule has 0 aromatic heterocycles. The van der Waals surface area contributed by atoms with Crippen LogP contribution in [0.4, 0.5) is 0 Å². The van der Waals surface area contributed by atoms with Gasteiger partial charge in [-0.25, -0.2) is 0 Å². The Bertz CT molecular complexity index is 2050. The minimum absolute atomic E-state index is 0.101. The zero-order chi connectivity index (χ0) is 46.6. The number of nitrogens with one attached hydrogen (secondary N) is 2. The lowest BCUT2D eigenvalue weighted by Crippen LogP contribution is -2.68. The van der Waals surface area contributed by atoms with Gasteiger partial charge in [0, 0.05) is 26.7 Å². The second-order valence-corrected chi connectivity index (χ2v) is 16.7. The lowest BCUT2D eigenvalue weighted by molar-refractivity contribution is -0.267. The Morgan fingerprint density at radius 2 is 0.970 bits per heavy atom. The molecule has 6 aromatic rings. The SMILES string of the molecule is CCN(CC)CC.CO[C@H]1O[C@H](CNC(c2ccccc2)(c2ccccc2)c2ccccc2)[C@@H](OCCCCCC(=O)O)[C@H](O)[C@H]1NC(c1ccccc1)(c1ccccc1)c1ccccc1. The Hall–Kier alpha value is -5.49. The van der Waals surface area contributed by atoms with Crippen LogP contribution in [0.1, 0.15) is 79.8 Å². The number of methoxy groups -OCH3 is 1. The minimum atomic E-state index is -1.10. The molecule has 348 valence electrons. The number of aliphatic carboxylic acids is 1. The largest absolute Gasteiger partial charge is 0.481 e. The van der Waals surface area contributed by atoms with E-state index >= 15 is 0 Å². The first-order valence-corrected chi connectivity index (χ1v) is 23.6. The van der Waals surface area contributed by atoms with Crippen molar-refractivity contribution >= 4 is 5.97 Å². The monoisotopic (exact) mass is 892 g/mol. The van der Waals surface area contributed by atoms with Gasteiger partial charge in [-0.1, -0.05) is 209 Å². The van der Waals surface area contributed by atoms with Crippen LogP contribution in [0.3, 0.4) is 0 Å². The second kappa shape index (κ2) is 25.4. The molecule has 4 N–H and O–H groups in total. The number of aliphatic hydroxyl groups is 1. The normalized spacial score (nSPS) is 18.6. The van der Waals surface area contributed by atoms with E-state index < -0.39 is 47.7 Å². The first-order valence-electron chi connectivity index (χ1n) is 23.6. The van der Waals surface area contributed by atoms with Gasteiger partial charge in [0.15, 0.2) is 6.29 Å². The van der Waals surface area contributed by atoms with Gasteiger partial charge >= 0.3 is 5.97 Å². The van der Waals surface area contributed by atoms with Gasteiger partial charge in [0.25, 0.3) is 0 Å². The first-order chi connectivity index (χ1) is 32.3. The highest BCUT2D eigenvalue weighted by Crippen LogP contribution is 2.41. The van der Waals surface area contributed by atoms with Crippen LogP contribution < -0.4 is 10.6 Å². The van der Waals surface area contributed by atoms with Gasteiger partial charge in [-0.05, 0) is 65.9 Å². The van der Waals surface area contributed by atoms with E-state index in [0.717, 1.165) is 33.4 Å². The molecular weight excluding hydrogens is 823 g/mol. The molecule has 5 atom stereocenters. The fourth-order valence-electron chi connectivity index (χ4n) is 9.28. The van der Waals surface area contributed by atoms with E-state index in [4.69, 9.17) is 14.2 Å². The molecule has 0 saturated carbocycles. The van der Waals surface area contributed by atoms with Gasteiger partial charge in [-0.3, -0.25) is 15.4 Å². The topological polar surface area (TPSA) is 113 Å². The average molecular weight is 892 g/mol. The van der Waals surface area contributed by atoms with Crippen molar-refractivity contribution < 1.29 is 29.2 Å². The van der Waals surface area contributed by atoms with E-state index in [9.17, 15) is 15.0 Å². The number of benzene rings is 6. The van der Waals surface area contributed by atoms with Crippen molar-refractivity contribution in [1.29, 1.82) is 0 Å². The van der Waals surface area contributed by atoms with Crippen molar-refractivity contribution in [3.05, 3.63) is 215 Å². The molecule has 1 aliphatic rings. The Morgan fingerprint density at radius 1 is 0.591 bits per heavy atom. The summed E-state index contributed by atoms with van der Waals surface area (Å²) in [6.07, 6.45) is -1.49. The predicted octanol–water partition coefficient (Wildman–Crippen LogP) is 9.63. The number of unbranched alkanes of at least 4 members (excludes halogenated alkanes) is 2. The lowest BCUT2D eigenvalue weighted by atomic mass is 9.75. The zero-order valence-electron chi connectivity index (χ0n) is 39.0. The van der Waals surface area contributed by atoms with Crippen molar-refractivity contribution in [2.24, 2.45) is 0 Å². The van der Waals surface area contributed by atoms with Crippen LogP contribution in [0.15, 0.2) is 182 Å². The van der Waals surface area contributed by atoms with Crippen LogP contribution in [0, 0.1) is 0 Å². The number of carboxylic acid groups (broad SMARTS) is 1. The number of ether oxygens (including phenoxy) is 3. The van der Waals surface area contributed by atoms with Gasteiger partial charge in [-0.15, -0.1) is 0 Å². The third kappa shape index (κ3) is 12.1. The van der Waals surface area contributed by atoms with E-state index in [-0.39, 0.29) is 13.0 Å². The fraction of sp³-hybridized carbons (Fsp3) is 0.351. The van der Waals surface area contributed by atoms with E-state index in [1.807, 2.05) is 109 Å². The highest BCUT2D eigenvalue weighted by Gasteiger charge is 2.51. The third-order valence-corrected chi connectivity index (χ3v) is 12.8. The summed E-state index contributed by atoms with van der Waals surface area (Å²) >= 11 is 0. The maximum atomic E-state index is 12.8. The fourth-order valence-corrected chi connectivity index (χ4v) is 9.28. The summed E-state index contributed by atoms with van der Waals surface area (Å²) in [6.45, 7) is 10.7. The summed E-state index contributed by atoms with van der Waals surface area (Å²) in [5.41, 5.74) is 4.38. The van der Waals surface area contributed by atoms with Crippen molar-refractivity contribution in [2.45, 2.75) is 88.2 Å².